The average Bonchev–Trinajstić information content (AvgIpc) is 3.10. The summed E-state index contributed by atoms with van der Waals surface area (Å²) in [5, 5.41) is 20.4. The second-order valence-electron chi connectivity index (χ2n) is 5.91. The van der Waals surface area contributed by atoms with Gasteiger partial charge >= 0.3 is 0 Å². The molecule has 0 aromatic heterocycles. The van der Waals surface area contributed by atoms with Gasteiger partial charge in [-0.05, 0) is 46.3 Å². The van der Waals surface area contributed by atoms with Crippen LogP contribution in [0, 0.1) is 0 Å². The maximum Gasteiger partial charge on any atom is 0.133 e. The fraction of sp³-hybridized carbons (Fsp3) is 0.368. The number of benzene rings is 2. The molecule has 2 aromatic carbocycles. The highest BCUT2D eigenvalue weighted by molar-refractivity contribution is 9.10. The normalized spacial score (nSPS) is 17.3. The number of hydrogen-bond acceptors (Lipinski definition) is 4. The van der Waals surface area contributed by atoms with Crippen LogP contribution in [-0.2, 0) is 15.9 Å². The predicted molar refractivity (Wildman–Crippen MR) is 96.4 cm³/mol. The summed E-state index contributed by atoms with van der Waals surface area (Å²) >= 11 is 3.44. The van der Waals surface area contributed by atoms with E-state index in [1.165, 1.54) is 6.07 Å². The van der Waals surface area contributed by atoms with Crippen LogP contribution in [0.15, 0.2) is 40.9 Å². The highest BCUT2D eigenvalue weighted by Gasteiger charge is 2.19. The number of ether oxygens (including phenoxy) is 2. The van der Waals surface area contributed by atoms with Crippen LogP contribution in [0.3, 0.4) is 0 Å². The van der Waals surface area contributed by atoms with Crippen LogP contribution >= 0.6 is 15.9 Å². The predicted octanol–water partition coefficient (Wildman–Crippen LogP) is 4.27. The minimum Gasteiger partial charge on any atom is -0.507 e. The van der Waals surface area contributed by atoms with Gasteiger partial charge in [0, 0.05) is 18.2 Å². The van der Waals surface area contributed by atoms with E-state index in [0.29, 0.717) is 24.1 Å². The molecule has 5 heteroatoms. The first-order chi connectivity index (χ1) is 11.7. The van der Waals surface area contributed by atoms with Gasteiger partial charge in [0.05, 0.1) is 23.8 Å². The minimum atomic E-state index is 0.0290. The van der Waals surface area contributed by atoms with Gasteiger partial charge in [-0.3, -0.25) is 0 Å². The van der Waals surface area contributed by atoms with Crippen molar-refractivity contribution in [3.8, 4) is 22.6 Å². The molecule has 1 heterocycles. The lowest BCUT2D eigenvalue weighted by Crippen LogP contribution is -2.15. The van der Waals surface area contributed by atoms with Crippen LogP contribution in [0.5, 0.6) is 11.5 Å². The third kappa shape index (κ3) is 3.91. The molecule has 128 valence electrons. The molecule has 1 aliphatic rings. The number of halogens is 1. The molecule has 3 rings (SSSR count). The second-order valence-corrected chi connectivity index (χ2v) is 6.70. The zero-order chi connectivity index (χ0) is 16.9. The van der Waals surface area contributed by atoms with Gasteiger partial charge in [-0.1, -0.05) is 30.3 Å². The molecule has 0 radical (unpaired) electrons. The summed E-state index contributed by atoms with van der Waals surface area (Å²) in [6.45, 7) is 1.91. The highest BCUT2D eigenvalue weighted by atomic mass is 79.9. The molecule has 1 fully saturated rings. The van der Waals surface area contributed by atoms with E-state index in [1.807, 2.05) is 30.3 Å². The molecule has 24 heavy (non-hydrogen) atoms. The largest absolute Gasteiger partial charge is 0.507 e. The van der Waals surface area contributed by atoms with Crippen molar-refractivity contribution < 1.29 is 19.7 Å². The van der Waals surface area contributed by atoms with Crippen molar-refractivity contribution in [2.24, 2.45) is 0 Å². The Morgan fingerprint density at radius 2 is 1.96 bits per heavy atom. The summed E-state index contributed by atoms with van der Waals surface area (Å²) < 4.78 is 11.9. The third-order valence-corrected chi connectivity index (χ3v) is 5.09. The Morgan fingerprint density at radius 3 is 2.67 bits per heavy atom. The van der Waals surface area contributed by atoms with Crippen molar-refractivity contribution in [1.82, 2.24) is 0 Å². The molecule has 0 saturated carbocycles. The van der Waals surface area contributed by atoms with Gasteiger partial charge in [0.15, 0.2) is 0 Å². The molecule has 4 nitrogen and oxygen atoms in total. The van der Waals surface area contributed by atoms with E-state index in [0.717, 1.165) is 36.1 Å². The maximum atomic E-state index is 10.3. The van der Waals surface area contributed by atoms with Gasteiger partial charge in [-0.25, -0.2) is 0 Å². The summed E-state index contributed by atoms with van der Waals surface area (Å²) in [5.41, 5.74) is 2.47. The van der Waals surface area contributed by atoms with Gasteiger partial charge in [-0.2, -0.15) is 0 Å². The fourth-order valence-electron chi connectivity index (χ4n) is 3.01. The number of phenolic OH excluding ortho intramolecular Hbond substituents is 2. The van der Waals surface area contributed by atoms with Crippen LogP contribution in [0.4, 0.5) is 0 Å². The Morgan fingerprint density at radius 1 is 1.17 bits per heavy atom. The molecule has 1 saturated heterocycles. The van der Waals surface area contributed by atoms with Crippen molar-refractivity contribution in [3.63, 3.8) is 0 Å². The van der Waals surface area contributed by atoms with E-state index in [2.05, 4.69) is 15.9 Å². The lowest BCUT2D eigenvalue weighted by molar-refractivity contribution is 0.0182. The van der Waals surface area contributed by atoms with Gasteiger partial charge < -0.3 is 19.7 Å². The highest BCUT2D eigenvalue weighted by Crippen LogP contribution is 2.42. The lowest BCUT2D eigenvalue weighted by atomic mass is 9.96. The summed E-state index contributed by atoms with van der Waals surface area (Å²) in [5.74, 6) is 0.0948. The van der Waals surface area contributed by atoms with E-state index < -0.39 is 0 Å². The molecular weight excluding hydrogens is 372 g/mol. The van der Waals surface area contributed by atoms with Gasteiger partial charge in [0.1, 0.15) is 11.5 Å². The summed E-state index contributed by atoms with van der Waals surface area (Å²) in [4.78, 5) is 0. The Balaban J connectivity index is 1.77. The lowest BCUT2D eigenvalue weighted by Gasteiger charge is -2.16. The minimum absolute atomic E-state index is 0.0290. The van der Waals surface area contributed by atoms with Crippen molar-refractivity contribution in [2.75, 3.05) is 19.8 Å². The molecule has 0 bridgehead atoms. The van der Waals surface area contributed by atoms with E-state index in [9.17, 15) is 10.2 Å². The number of rotatable bonds is 6. The molecule has 0 amide bonds. The van der Waals surface area contributed by atoms with Crippen LogP contribution in [-0.4, -0.2) is 36.1 Å². The number of aromatic hydroxyl groups is 2. The van der Waals surface area contributed by atoms with Gasteiger partial charge in [0.2, 0.25) is 0 Å². The van der Waals surface area contributed by atoms with E-state index >= 15 is 0 Å². The molecule has 1 aliphatic heterocycles. The van der Waals surface area contributed by atoms with Crippen LogP contribution < -0.4 is 0 Å². The first-order valence-electron chi connectivity index (χ1n) is 8.15. The standard InChI is InChI=1S/C19H21BrO4/c20-19-15(8-10-23-12-14-7-4-9-24-14)18(16(21)11-17(19)22)13-5-2-1-3-6-13/h1-3,5-6,11,14,21-22H,4,7-10,12H2. The van der Waals surface area contributed by atoms with Crippen LogP contribution in [0.2, 0.25) is 0 Å². The molecule has 0 aliphatic carbocycles. The zero-order valence-electron chi connectivity index (χ0n) is 13.4. The number of phenols is 2. The Labute approximate surface area is 150 Å². The summed E-state index contributed by atoms with van der Waals surface area (Å²) in [7, 11) is 0. The van der Waals surface area contributed by atoms with Crippen molar-refractivity contribution in [2.45, 2.75) is 25.4 Å². The van der Waals surface area contributed by atoms with Gasteiger partial charge in [0.25, 0.3) is 0 Å². The second kappa shape index (κ2) is 8.01. The van der Waals surface area contributed by atoms with Gasteiger partial charge in [-0.15, -0.1) is 0 Å². The fourth-order valence-corrected chi connectivity index (χ4v) is 3.52. The smallest absolute Gasteiger partial charge is 0.133 e. The van der Waals surface area contributed by atoms with Crippen molar-refractivity contribution in [1.29, 1.82) is 0 Å². The van der Waals surface area contributed by atoms with Crippen molar-refractivity contribution in [3.05, 3.63) is 46.4 Å². The SMILES string of the molecule is Oc1cc(O)c(-c2ccccc2)c(CCOCC2CCCO2)c1Br. The first-order valence-corrected chi connectivity index (χ1v) is 8.94. The van der Waals surface area contributed by atoms with E-state index in [-0.39, 0.29) is 17.6 Å². The molecule has 1 atom stereocenters. The van der Waals surface area contributed by atoms with Crippen LogP contribution in [0.25, 0.3) is 11.1 Å². The molecule has 2 aromatic rings. The van der Waals surface area contributed by atoms with Crippen LogP contribution in [0.1, 0.15) is 18.4 Å². The third-order valence-electron chi connectivity index (χ3n) is 4.21. The van der Waals surface area contributed by atoms with E-state index in [1.54, 1.807) is 0 Å². The number of hydrogen-bond donors (Lipinski definition) is 2. The summed E-state index contributed by atoms with van der Waals surface area (Å²) in [6, 6.07) is 11.0. The molecule has 2 N–H and O–H groups in total. The Bertz CT molecular complexity index is 682. The summed E-state index contributed by atoms with van der Waals surface area (Å²) in [6.07, 6.45) is 2.92. The average molecular weight is 393 g/mol. The van der Waals surface area contributed by atoms with E-state index in [4.69, 9.17) is 9.47 Å². The monoisotopic (exact) mass is 392 g/mol. The first kappa shape index (κ1) is 17.3. The molecular formula is C19H21BrO4. The molecule has 1 unspecified atom stereocenters. The Kier molecular flexibility index (Phi) is 5.76. The Hall–Kier alpha value is -1.56. The zero-order valence-corrected chi connectivity index (χ0v) is 15.0. The van der Waals surface area contributed by atoms with Crippen molar-refractivity contribution >= 4 is 15.9 Å². The quantitative estimate of drug-likeness (QED) is 0.720. The topological polar surface area (TPSA) is 58.9 Å². The maximum absolute atomic E-state index is 10.3. The molecule has 0 spiro atoms.